The highest BCUT2D eigenvalue weighted by Gasteiger charge is 2.13. The van der Waals surface area contributed by atoms with Crippen LogP contribution >= 0.6 is 11.3 Å². The maximum absolute atomic E-state index is 9.63. The van der Waals surface area contributed by atoms with Crippen LogP contribution in [0.1, 0.15) is 30.4 Å². The molecule has 0 amide bonds. The number of nitrogens with zero attached hydrogens (tertiary/aromatic N) is 2. The minimum Gasteiger partial charge on any atom is -0.389 e. The van der Waals surface area contributed by atoms with Crippen LogP contribution in [0.5, 0.6) is 0 Å². The largest absolute Gasteiger partial charge is 0.389 e. The molecule has 0 radical (unpaired) electrons. The molecule has 0 aliphatic rings. The number of hydrogen-bond donors (Lipinski definition) is 1. The molecule has 2 heterocycles. The Kier molecular flexibility index (Phi) is 4.56. The normalized spacial score (nSPS) is 14.1. The van der Waals surface area contributed by atoms with E-state index in [0.717, 1.165) is 17.8 Å². The number of likely N-dealkylation sites (N-methyl/N-ethyl adjacent to an activating group) is 1. The number of aliphatic hydroxyl groups excluding tert-OH is 1. The summed E-state index contributed by atoms with van der Waals surface area (Å²) in [6.45, 7) is 3.96. The zero-order valence-electron chi connectivity index (χ0n) is 11.6. The summed E-state index contributed by atoms with van der Waals surface area (Å²) < 4.78 is 0. The standard InChI is InChI=1S/C15H20N2OS/c1-11(9-14-5-4-8-19-14)17(3)15-10-13(12(2)18)6-7-16-15/h4-8,10-12,18H,9H2,1-3H3/t11?,12-/m1/s1. The van der Waals surface area contributed by atoms with Gasteiger partial charge in [-0.25, -0.2) is 4.98 Å². The Hall–Kier alpha value is -1.39. The van der Waals surface area contributed by atoms with Crippen molar-refractivity contribution in [2.45, 2.75) is 32.4 Å². The Morgan fingerprint density at radius 2 is 2.16 bits per heavy atom. The summed E-state index contributed by atoms with van der Waals surface area (Å²) in [4.78, 5) is 7.93. The lowest BCUT2D eigenvalue weighted by Crippen LogP contribution is -2.31. The Morgan fingerprint density at radius 3 is 2.79 bits per heavy atom. The zero-order chi connectivity index (χ0) is 13.8. The van der Waals surface area contributed by atoms with Gasteiger partial charge in [-0.2, -0.15) is 0 Å². The number of pyridine rings is 1. The van der Waals surface area contributed by atoms with Crippen molar-refractivity contribution >= 4 is 17.2 Å². The van der Waals surface area contributed by atoms with Crippen LogP contribution in [0.4, 0.5) is 5.82 Å². The van der Waals surface area contributed by atoms with Gasteiger partial charge in [0.15, 0.2) is 0 Å². The summed E-state index contributed by atoms with van der Waals surface area (Å²) in [6, 6.07) is 8.42. The van der Waals surface area contributed by atoms with Crippen LogP contribution in [0.2, 0.25) is 0 Å². The summed E-state index contributed by atoms with van der Waals surface area (Å²) in [5.41, 5.74) is 0.903. The average Bonchev–Trinajstić information content (AvgIpc) is 2.90. The molecule has 3 nitrogen and oxygen atoms in total. The zero-order valence-corrected chi connectivity index (χ0v) is 12.4. The molecular weight excluding hydrogens is 256 g/mol. The molecule has 4 heteroatoms. The highest BCUT2D eigenvalue weighted by molar-refractivity contribution is 7.09. The fourth-order valence-electron chi connectivity index (χ4n) is 1.97. The van der Waals surface area contributed by atoms with Crippen molar-refractivity contribution in [2.24, 2.45) is 0 Å². The van der Waals surface area contributed by atoms with E-state index in [4.69, 9.17) is 0 Å². The van der Waals surface area contributed by atoms with E-state index in [-0.39, 0.29) is 0 Å². The first-order valence-electron chi connectivity index (χ1n) is 6.47. The summed E-state index contributed by atoms with van der Waals surface area (Å²) in [5, 5.41) is 11.7. The van der Waals surface area contributed by atoms with E-state index in [1.807, 2.05) is 19.2 Å². The molecule has 1 N–H and O–H groups in total. The van der Waals surface area contributed by atoms with Crippen molar-refractivity contribution in [3.8, 4) is 0 Å². The Balaban J connectivity index is 2.10. The molecule has 102 valence electrons. The van der Waals surface area contributed by atoms with Crippen molar-refractivity contribution < 1.29 is 5.11 Å². The van der Waals surface area contributed by atoms with Crippen molar-refractivity contribution in [3.05, 3.63) is 46.3 Å². The number of thiophene rings is 1. The van der Waals surface area contributed by atoms with Gasteiger partial charge in [-0.05, 0) is 43.0 Å². The molecule has 2 rings (SSSR count). The lowest BCUT2D eigenvalue weighted by atomic mass is 10.1. The molecule has 0 aliphatic carbocycles. The average molecular weight is 276 g/mol. The predicted octanol–water partition coefficient (Wildman–Crippen LogP) is 3.26. The van der Waals surface area contributed by atoms with Crippen LogP contribution in [0, 0.1) is 0 Å². The van der Waals surface area contributed by atoms with Gasteiger partial charge in [0.1, 0.15) is 5.82 Å². The van der Waals surface area contributed by atoms with E-state index in [2.05, 4.69) is 34.3 Å². The highest BCUT2D eigenvalue weighted by Crippen LogP contribution is 2.20. The smallest absolute Gasteiger partial charge is 0.128 e. The second-order valence-electron chi connectivity index (χ2n) is 4.87. The lowest BCUT2D eigenvalue weighted by Gasteiger charge is -2.26. The predicted molar refractivity (Wildman–Crippen MR) is 80.8 cm³/mol. The third kappa shape index (κ3) is 3.55. The number of hydrogen-bond acceptors (Lipinski definition) is 4. The van der Waals surface area contributed by atoms with Crippen LogP contribution in [-0.2, 0) is 6.42 Å². The van der Waals surface area contributed by atoms with Gasteiger partial charge in [0, 0.05) is 30.6 Å². The molecular formula is C15H20N2OS. The molecule has 0 aliphatic heterocycles. The summed E-state index contributed by atoms with van der Waals surface area (Å²) in [6.07, 6.45) is 2.31. The first kappa shape index (κ1) is 14.0. The third-order valence-electron chi connectivity index (χ3n) is 3.35. The molecule has 0 spiro atoms. The van der Waals surface area contributed by atoms with Crippen molar-refractivity contribution in [1.82, 2.24) is 4.98 Å². The minimum absolute atomic E-state index is 0.371. The molecule has 0 fully saturated rings. The van der Waals surface area contributed by atoms with Crippen molar-refractivity contribution in [1.29, 1.82) is 0 Å². The maximum atomic E-state index is 9.63. The van der Waals surface area contributed by atoms with E-state index in [9.17, 15) is 5.11 Å². The number of rotatable bonds is 5. The monoisotopic (exact) mass is 276 g/mol. The van der Waals surface area contributed by atoms with Gasteiger partial charge in [0.2, 0.25) is 0 Å². The van der Waals surface area contributed by atoms with Crippen LogP contribution in [-0.4, -0.2) is 23.2 Å². The van der Waals surface area contributed by atoms with Crippen molar-refractivity contribution in [3.63, 3.8) is 0 Å². The number of anilines is 1. The topological polar surface area (TPSA) is 36.4 Å². The molecule has 0 saturated heterocycles. The fourth-order valence-corrected chi connectivity index (χ4v) is 2.80. The van der Waals surface area contributed by atoms with E-state index >= 15 is 0 Å². The summed E-state index contributed by atoms with van der Waals surface area (Å²) in [7, 11) is 2.05. The molecule has 2 aromatic heterocycles. The number of aliphatic hydroxyl groups is 1. The van der Waals surface area contributed by atoms with Gasteiger partial charge in [0.05, 0.1) is 6.10 Å². The SMILES string of the molecule is CC(Cc1cccs1)N(C)c1cc([C@@H](C)O)ccn1. The molecule has 2 aromatic rings. The first-order valence-corrected chi connectivity index (χ1v) is 7.35. The van der Waals surface area contributed by atoms with Crippen LogP contribution < -0.4 is 4.90 Å². The molecule has 0 bridgehead atoms. The van der Waals surface area contributed by atoms with E-state index in [1.165, 1.54) is 4.88 Å². The Labute approximate surface area is 118 Å². The first-order chi connectivity index (χ1) is 9.08. The quantitative estimate of drug-likeness (QED) is 0.910. The Morgan fingerprint density at radius 1 is 1.37 bits per heavy atom. The molecule has 1 unspecified atom stereocenters. The van der Waals surface area contributed by atoms with Gasteiger partial charge in [0.25, 0.3) is 0 Å². The summed E-state index contributed by atoms with van der Waals surface area (Å²) >= 11 is 1.78. The highest BCUT2D eigenvalue weighted by atomic mass is 32.1. The van der Waals surface area contributed by atoms with Gasteiger partial charge < -0.3 is 10.0 Å². The van der Waals surface area contributed by atoms with Crippen LogP contribution in [0.15, 0.2) is 35.8 Å². The fraction of sp³-hybridized carbons (Fsp3) is 0.400. The number of aromatic nitrogens is 1. The molecule has 0 saturated carbocycles. The van der Waals surface area contributed by atoms with E-state index in [1.54, 1.807) is 24.5 Å². The van der Waals surface area contributed by atoms with E-state index < -0.39 is 6.10 Å². The van der Waals surface area contributed by atoms with Crippen molar-refractivity contribution in [2.75, 3.05) is 11.9 Å². The second kappa shape index (κ2) is 6.17. The third-order valence-corrected chi connectivity index (χ3v) is 4.25. The molecule has 0 aromatic carbocycles. The van der Waals surface area contributed by atoms with Crippen LogP contribution in [0.25, 0.3) is 0 Å². The Bertz CT molecular complexity index is 511. The van der Waals surface area contributed by atoms with Crippen LogP contribution in [0.3, 0.4) is 0 Å². The van der Waals surface area contributed by atoms with E-state index in [0.29, 0.717) is 6.04 Å². The molecule has 19 heavy (non-hydrogen) atoms. The second-order valence-corrected chi connectivity index (χ2v) is 5.90. The minimum atomic E-state index is -0.456. The van der Waals surface area contributed by atoms with Gasteiger partial charge in [-0.15, -0.1) is 11.3 Å². The molecule has 2 atom stereocenters. The maximum Gasteiger partial charge on any atom is 0.128 e. The lowest BCUT2D eigenvalue weighted by molar-refractivity contribution is 0.199. The summed E-state index contributed by atoms with van der Waals surface area (Å²) in [5.74, 6) is 0.905. The van der Waals surface area contributed by atoms with Gasteiger partial charge in [-0.3, -0.25) is 0 Å². The van der Waals surface area contributed by atoms with Gasteiger partial charge >= 0.3 is 0 Å². The van der Waals surface area contributed by atoms with Gasteiger partial charge in [-0.1, -0.05) is 6.07 Å².